The highest BCUT2D eigenvalue weighted by molar-refractivity contribution is 7.89. The van der Waals surface area contributed by atoms with E-state index in [1.54, 1.807) is 29.6 Å². The van der Waals surface area contributed by atoms with Crippen molar-refractivity contribution < 1.29 is 12.6 Å². The molecule has 0 bridgehead atoms. The fourth-order valence-corrected chi connectivity index (χ4v) is 4.28. The van der Waals surface area contributed by atoms with Crippen LogP contribution in [0.1, 0.15) is 5.56 Å². The van der Waals surface area contributed by atoms with Crippen molar-refractivity contribution in [3.05, 3.63) is 65.5 Å². The van der Waals surface area contributed by atoms with E-state index in [2.05, 4.69) is 10.2 Å². The van der Waals surface area contributed by atoms with Gasteiger partial charge < -0.3 is 4.18 Å². The SMILES string of the molecule is Cc1ccc(OS(=O)(=O)c2cccs2)c(-n2nc3ccccc3n2)c1. The first kappa shape index (κ1) is 15.8. The Balaban J connectivity index is 1.82. The van der Waals surface area contributed by atoms with Gasteiger partial charge in [-0.3, -0.25) is 0 Å². The van der Waals surface area contributed by atoms with Crippen molar-refractivity contribution >= 4 is 32.5 Å². The molecule has 0 radical (unpaired) electrons. The lowest BCUT2D eigenvalue weighted by atomic mass is 10.2. The molecule has 4 aromatic rings. The van der Waals surface area contributed by atoms with Gasteiger partial charge in [0.1, 0.15) is 16.7 Å². The molecule has 4 rings (SSSR count). The molecule has 126 valence electrons. The number of hydrogen-bond acceptors (Lipinski definition) is 6. The minimum atomic E-state index is -3.89. The minimum Gasteiger partial charge on any atom is -0.376 e. The predicted octanol–water partition coefficient (Wildman–Crippen LogP) is 3.56. The number of nitrogens with zero attached hydrogens (tertiary/aromatic N) is 3. The first-order valence-electron chi connectivity index (χ1n) is 7.44. The Bertz CT molecular complexity index is 1120. The van der Waals surface area contributed by atoms with Crippen LogP contribution in [0.15, 0.2) is 64.2 Å². The Morgan fingerprint density at radius 1 is 1.00 bits per heavy atom. The smallest absolute Gasteiger partial charge is 0.348 e. The second kappa shape index (κ2) is 5.98. The van der Waals surface area contributed by atoms with E-state index in [-0.39, 0.29) is 9.96 Å². The molecule has 0 unspecified atom stereocenters. The lowest BCUT2D eigenvalue weighted by Gasteiger charge is -2.10. The molecule has 6 nitrogen and oxygen atoms in total. The van der Waals surface area contributed by atoms with Gasteiger partial charge >= 0.3 is 10.1 Å². The summed E-state index contributed by atoms with van der Waals surface area (Å²) in [5.41, 5.74) is 2.85. The summed E-state index contributed by atoms with van der Waals surface area (Å²) in [7, 11) is -3.89. The monoisotopic (exact) mass is 371 g/mol. The molecule has 25 heavy (non-hydrogen) atoms. The molecule has 0 fully saturated rings. The van der Waals surface area contributed by atoms with Gasteiger partial charge in [0.25, 0.3) is 0 Å². The highest BCUT2D eigenvalue weighted by Gasteiger charge is 2.21. The third-order valence-electron chi connectivity index (χ3n) is 3.56. The van der Waals surface area contributed by atoms with Gasteiger partial charge in [-0.15, -0.1) is 26.3 Å². The standard InChI is InChI=1S/C17H13N3O3S2/c1-12-8-9-16(23-25(21,22)17-7-4-10-24-17)15(11-12)20-18-13-5-2-3-6-14(13)19-20/h2-11H,1H3. The lowest BCUT2D eigenvalue weighted by molar-refractivity contribution is 0.484. The molecule has 0 N–H and O–H groups in total. The van der Waals surface area contributed by atoms with E-state index >= 15 is 0 Å². The van der Waals surface area contributed by atoms with Gasteiger partial charge in [0, 0.05) is 0 Å². The molecule has 0 aliphatic heterocycles. The molecular formula is C17H13N3O3S2. The van der Waals surface area contributed by atoms with Crippen molar-refractivity contribution in [2.45, 2.75) is 11.1 Å². The Labute approximate surface area is 148 Å². The summed E-state index contributed by atoms with van der Waals surface area (Å²) in [5.74, 6) is 0.180. The van der Waals surface area contributed by atoms with E-state index < -0.39 is 10.1 Å². The first-order valence-corrected chi connectivity index (χ1v) is 9.73. The molecular weight excluding hydrogens is 358 g/mol. The molecule has 2 aromatic heterocycles. The van der Waals surface area contributed by atoms with Gasteiger partial charge in [-0.25, -0.2) is 0 Å². The Morgan fingerprint density at radius 3 is 2.36 bits per heavy atom. The van der Waals surface area contributed by atoms with Crippen LogP contribution >= 0.6 is 11.3 Å². The van der Waals surface area contributed by atoms with Crippen LogP contribution in [0.5, 0.6) is 5.75 Å². The summed E-state index contributed by atoms with van der Waals surface area (Å²) in [6, 6.07) is 15.8. The maximum absolute atomic E-state index is 12.4. The van der Waals surface area contributed by atoms with Crippen LogP contribution < -0.4 is 4.18 Å². The van der Waals surface area contributed by atoms with Crippen LogP contribution in [-0.4, -0.2) is 23.4 Å². The average Bonchev–Trinajstić information content (AvgIpc) is 3.26. The zero-order valence-electron chi connectivity index (χ0n) is 13.2. The zero-order valence-corrected chi connectivity index (χ0v) is 14.8. The Kier molecular flexibility index (Phi) is 3.78. The van der Waals surface area contributed by atoms with Crippen LogP contribution in [-0.2, 0) is 10.1 Å². The first-order chi connectivity index (χ1) is 12.0. The molecule has 2 aromatic carbocycles. The summed E-state index contributed by atoms with van der Waals surface area (Å²) >= 11 is 1.11. The third kappa shape index (κ3) is 3.01. The lowest BCUT2D eigenvalue weighted by Crippen LogP contribution is -2.11. The fourth-order valence-electron chi connectivity index (χ4n) is 2.39. The normalized spacial score (nSPS) is 11.7. The second-order valence-corrected chi connectivity index (χ2v) is 8.14. The molecule has 0 atom stereocenters. The zero-order chi connectivity index (χ0) is 17.4. The van der Waals surface area contributed by atoms with Crippen molar-refractivity contribution in [2.75, 3.05) is 0 Å². The van der Waals surface area contributed by atoms with Crippen LogP contribution in [0.3, 0.4) is 0 Å². The van der Waals surface area contributed by atoms with Crippen molar-refractivity contribution in [3.63, 3.8) is 0 Å². The average molecular weight is 371 g/mol. The number of thiophene rings is 1. The molecule has 8 heteroatoms. The molecule has 0 aliphatic rings. The summed E-state index contributed by atoms with van der Waals surface area (Å²) < 4.78 is 30.4. The molecule has 0 spiro atoms. The molecule has 0 saturated carbocycles. The number of rotatable bonds is 4. The molecule has 0 amide bonds. The van der Waals surface area contributed by atoms with Crippen LogP contribution in [0.25, 0.3) is 16.7 Å². The number of aromatic nitrogens is 3. The number of benzene rings is 2. The third-order valence-corrected chi connectivity index (χ3v) is 6.15. The summed E-state index contributed by atoms with van der Waals surface area (Å²) in [4.78, 5) is 1.40. The van der Waals surface area contributed by atoms with Gasteiger partial charge in [-0.1, -0.05) is 24.3 Å². The summed E-state index contributed by atoms with van der Waals surface area (Å²) in [6.45, 7) is 1.91. The summed E-state index contributed by atoms with van der Waals surface area (Å²) in [5, 5.41) is 10.5. The quantitative estimate of drug-likeness (QED) is 0.513. The van der Waals surface area contributed by atoms with Gasteiger partial charge in [0.2, 0.25) is 0 Å². The van der Waals surface area contributed by atoms with Gasteiger partial charge in [0.15, 0.2) is 9.96 Å². The van der Waals surface area contributed by atoms with Gasteiger partial charge in [-0.05, 0) is 48.2 Å². The fraction of sp³-hybridized carbons (Fsp3) is 0.0588. The highest BCUT2D eigenvalue weighted by atomic mass is 32.3. The minimum absolute atomic E-state index is 0.151. The van der Waals surface area contributed by atoms with E-state index in [0.717, 1.165) is 27.9 Å². The Morgan fingerprint density at radius 2 is 1.72 bits per heavy atom. The van der Waals surface area contributed by atoms with Crippen LogP contribution in [0.2, 0.25) is 0 Å². The van der Waals surface area contributed by atoms with Gasteiger partial charge in [-0.2, -0.15) is 8.42 Å². The molecule has 2 heterocycles. The number of hydrogen-bond donors (Lipinski definition) is 0. The van der Waals surface area contributed by atoms with E-state index in [4.69, 9.17) is 4.18 Å². The predicted molar refractivity (Wildman–Crippen MR) is 95.7 cm³/mol. The van der Waals surface area contributed by atoms with Crippen LogP contribution in [0.4, 0.5) is 0 Å². The topological polar surface area (TPSA) is 74.1 Å². The molecule has 0 aliphatic carbocycles. The molecule has 0 saturated heterocycles. The maximum atomic E-state index is 12.4. The number of fused-ring (bicyclic) bond motifs is 1. The number of aryl methyl sites for hydroxylation is 1. The van der Waals surface area contributed by atoms with E-state index in [9.17, 15) is 8.42 Å². The van der Waals surface area contributed by atoms with Gasteiger partial charge in [0.05, 0.1) is 0 Å². The second-order valence-electron chi connectivity index (χ2n) is 5.42. The van der Waals surface area contributed by atoms with Crippen LogP contribution in [0, 0.1) is 6.92 Å². The van der Waals surface area contributed by atoms with Crippen molar-refractivity contribution in [1.29, 1.82) is 0 Å². The maximum Gasteiger partial charge on any atom is 0.348 e. The Hall–Kier alpha value is -2.71. The van der Waals surface area contributed by atoms with E-state index in [1.807, 2.05) is 31.2 Å². The van der Waals surface area contributed by atoms with Crippen molar-refractivity contribution in [1.82, 2.24) is 15.0 Å². The summed E-state index contributed by atoms with van der Waals surface area (Å²) in [6.07, 6.45) is 0. The highest BCUT2D eigenvalue weighted by Crippen LogP contribution is 2.28. The van der Waals surface area contributed by atoms with E-state index in [0.29, 0.717) is 5.69 Å². The van der Waals surface area contributed by atoms with Crippen molar-refractivity contribution in [3.8, 4) is 11.4 Å². The van der Waals surface area contributed by atoms with E-state index in [1.165, 1.54) is 10.9 Å². The largest absolute Gasteiger partial charge is 0.376 e. The van der Waals surface area contributed by atoms with Crippen molar-refractivity contribution in [2.24, 2.45) is 0 Å².